The highest BCUT2D eigenvalue weighted by molar-refractivity contribution is 5.41. The van der Waals surface area contributed by atoms with Gasteiger partial charge in [-0.25, -0.2) is 0 Å². The Morgan fingerprint density at radius 2 is 2.06 bits per heavy atom. The van der Waals surface area contributed by atoms with Gasteiger partial charge in [-0.15, -0.1) is 0 Å². The van der Waals surface area contributed by atoms with E-state index in [1.165, 1.54) is 11.1 Å². The van der Waals surface area contributed by atoms with Crippen LogP contribution in [0, 0.1) is 32.1 Å². The van der Waals surface area contributed by atoms with Gasteiger partial charge in [0.1, 0.15) is 18.4 Å². The zero-order valence-electron chi connectivity index (χ0n) is 11.0. The lowest BCUT2D eigenvalue weighted by Gasteiger charge is -2.15. The van der Waals surface area contributed by atoms with Crippen molar-refractivity contribution in [2.45, 2.75) is 33.7 Å². The molecule has 0 saturated carbocycles. The molecule has 0 spiro atoms. The molecule has 0 saturated heterocycles. The summed E-state index contributed by atoms with van der Waals surface area (Å²) in [7, 11) is 0. The van der Waals surface area contributed by atoms with E-state index < -0.39 is 0 Å². The second-order valence-corrected chi connectivity index (χ2v) is 4.26. The van der Waals surface area contributed by atoms with E-state index in [1.54, 1.807) is 0 Å². The molecule has 0 radical (unpaired) electrons. The van der Waals surface area contributed by atoms with Gasteiger partial charge in [-0.05, 0) is 50.1 Å². The van der Waals surface area contributed by atoms with E-state index in [0.717, 1.165) is 17.9 Å². The molecule has 0 aromatic heterocycles. The number of likely N-dealkylation sites (N-methyl/N-ethyl adjacent to an activating group) is 1. The van der Waals surface area contributed by atoms with Gasteiger partial charge in [-0.3, -0.25) is 5.32 Å². The van der Waals surface area contributed by atoms with Crippen LogP contribution < -0.4 is 10.1 Å². The van der Waals surface area contributed by atoms with Crippen molar-refractivity contribution >= 4 is 0 Å². The molecule has 0 amide bonds. The van der Waals surface area contributed by atoms with E-state index in [4.69, 9.17) is 10.00 Å². The number of nitriles is 1. The van der Waals surface area contributed by atoms with E-state index in [1.807, 2.05) is 26.8 Å². The zero-order valence-corrected chi connectivity index (χ0v) is 11.0. The molecule has 0 fully saturated rings. The van der Waals surface area contributed by atoms with Crippen molar-refractivity contribution in [1.82, 2.24) is 5.32 Å². The molecule has 0 bridgehead atoms. The van der Waals surface area contributed by atoms with Crippen LogP contribution in [0.3, 0.4) is 0 Å². The molecular formula is C14H20N2O. The number of nitrogens with one attached hydrogen (secondary N) is 1. The standard InChI is InChI=1S/C14H20N2O/c1-5-16-13(8-15)9-17-14-7-10(2)6-11(3)12(14)4/h6-7,13,16H,5,9H2,1-4H3. The van der Waals surface area contributed by atoms with Crippen LogP contribution in [0.5, 0.6) is 5.75 Å². The highest BCUT2D eigenvalue weighted by Crippen LogP contribution is 2.23. The minimum Gasteiger partial charge on any atom is -0.491 e. The normalized spacial score (nSPS) is 11.9. The molecule has 1 N–H and O–H groups in total. The van der Waals surface area contributed by atoms with Gasteiger partial charge in [0.05, 0.1) is 6.07 Å². The van der Waals surface area contributed by atoms with Crippen molar-refractivity contribution in [2.75, 3.05) is 13.2 Å². The lowest BCUT2D eigenvalue weighted by atomic mass is 10.1. The topological polar surface area (TPSA) is 45.0 Å². The predicted molar refractivity (Wildman–Crippen MR) is 69.2 cm³/mol. The monoisotopic (exact) mass is 232 g/mol. The van der Waals surface area contributed by atoms with E-state index >= 15 is 0 Å². The average molecular weight is 232 g/mol. The van der Waals surface area contributed by atoms with Crippen LogP contribution >= 0.6 is 0 Å². The Labute approximate surface area is 103 Å². The third kappa shape index (κ3) is 3.76. The Hall–Kier alpha value is -1.53. The molecule has 1 aromatic carbocycles. The molecule has 1 atom stereocenters. The first-order chi connectivity index (χ1) is 8.08. The maximum atomic E-state index is 8.92. The van der Waals surface area contributed by atoms with Crippen LogP contribution in [0.4, 0.5) is 0 Å². The second-order valence-electron chi connectivity index (χ2n) is 4.26. The van der Waals surface area contributed by atoms with Gasteiger partial charge in [0.25, 0.3) is 0 Å². The van der Waals surface area contributed by atoms with Gasteiger partial charge in [0, 0.05) is 0 Å². The van der Waals surface area contributed by atoms with E-state index in [-0.39, 0.29) is 6.04 Å². The predicted octanol–water partition coefficient (Wildman–Crippen LogP) is 2.49. The first kappa shape index (κ1) is 13.5. The molecule has 92 valence electrons. The van der Waals surface area contributed by atoms with Gasteiger partial charge in [-0.2, -0.15) is 5.26 Å². The summed E-state index contributed by atoms with van der Waals surface area (Å²) in [5, 5.41) is 12.0. The highest BCUT2D eigenvalue weighted by atomic mass is 16.5. The molecular weight excluding hydrogens is 212 g/mol. The van der Waals surface area contributed by atoms with Crippen LogP contribution in [0.15, 0.2) is 12.1 Å². The summed E-state index contributed by atoms with van der Waals surface area (Å²) in [6.45, 7) is 9.29. The third-order valence-electron chi connectivity index (χ3n) is 2.78. The van der Waals surface area contributed by atoms with Crippen molar-refractivity contribution in [3.05, 3.63) is 28.8 Å². The number of rotatable bonds is 5. The van der Waals surface area contributed by atoms with E-state index in [9.17, 15) is 0 Å². The molecule has 3 heteroatoms. The van der Waals surface area contributed by atoms with Crippen LogP contribution in [-0.2, 0) is 0 Å². The van der Waals surface area contributed by atoms with Crippen LogP contribution in [0.1, 0.15) is 23.6 Å². The fraction of sp³-hybridized carbons (Fsp3) is 0.500. The van der Waals surface area contributed by atoms with Crippen molar-refractivity contribution in [1.29, 1.82) is 5.26 Å². The smallest absolute Gasteiger partial charge is 0.130 e. The Kier molecular flexibility index (Phi) is 4.99. The van der Waals surface area contributed by atoms with Crippen molar-refractivity contribution < 1.29 is 4.74 Å². The molecule has 0 aliphatic rings. The van der Waals surface area contributed by atoms with E-state index in [0.29, 0.717) is 6.61 Å². The zero-order chi connectivity index (χ0) is 12.8. The minimum atomic E-state index is -0.250. The van der Waals surface area contributed by atoms with Gasteiger partial charge >= 0.3 is 0 Å². The molecule has 0 heterocycles. The number of hydrogen-bond donors (Lipinski definition) is 1. The fourth-order valence-corrected chi connectivity index (χ4v) is 1.71. The van der Waals surface area contributed by atoms with Crippen LogP contribution in [0.2, 0.25) is 0 Å². The summed E-state index contributed by atoms with van der Waals surface area (Å²) >= 11 is 0. The maximum absolute atomic E-state index is 8.92. The number of nitrogens with zero attached hydrogens (tertiary/aromatic N) is 1. The summed E-state index contributed by atoms with van der Waals surface area (Å²) in [5.41, 5.74) is 3.54. The summed E-state index contributed by atoms with van der Waals surface area (Å²) in [6, 6.07) is 6.09. The molecule has 17 heavy (non-hydrogen) atoms. The molecule has 3 nitrogen and oxygen atoms in total. The van der Waals surface area contributed by atoms with E-state index in [2.05, 4.69) is 24.4 Å². The van der Waals surface area contributed by atoms with Crippen molar-refractivity contribution in [3.63, 3.8) is 0 Å². The third-order valence-corrected chi connectivity index (χ3v) is 2.78. The molecule has 1 unspecified atom stereocenters. The highest BCUT2D eigenvalue weighted by Gasteiger charge is 2.09. The lowest BCUT2D eigenvalue weighted by Crippen LogP contribution is -2.33. The molecule has 0 aliphatic heterocycles. The quantitative estimate of drug-likeness (QED) is 0.848. The summed E-state index contributed by atoms with van der Waals surface area (Å²) in [4.78, 5) is 0. The number of benzene rings is 1. The maximum Gasteiger partial charge on any atom is 0.130 e. The summed E-state index contributed by atoms with van der Waals surface area (Å²) < 4.78 is 5.72. The summed E-state index contributed by atoms with van der Waals surface area (Å²) in [6.07, 6.45) is 0. The Morgan fingerprint density at radius 3 is 2.65 bits per heavy atom. The number of hydrogen-bond acceptors (Lipinski definition) is 3. The molecule has 0 aliphatic carbocycles. The van der Waals surface area contributed by atoms with Crippen LogP contribution in [-0.4, -0.2) is 19.2 Å². The van der Waals surface area contributed by atoms with Crippen LogP contribution in [0.25, 0.3) is 0 Å². The second kappa shape index (κ2) is 6.27. The first-order valence-electron chi connectivity index (χ1n) is 5.92. The van der Waals surface area contributed by atoms with Gasteiger partial charge in [0.2, 0.25) is 0 Å². The Balaban J connectivity index is 2.72. The minimum absolute atomic E-state index is 0.250. The average Bonchev–Trinajstić information content (AvgIpc) is 2.30. The number of aryl methyl sites for hydroxylation is 2. The van der Waals surface area contributed by atoms with Crippen molar-refractivity contribution in [3.8, 4) is 11.8 Å². The van der Waals surface area contributed by atoms with Gasteiger partial charge in [-0.1, -0.05) is 13.0 Å². The largest absolute Gasteiger partial charge is 0.491 e. The Morgan fingerprint density at radius 1 is 1.35 bits per heavy atom. The summed E-state index contributed by atoms with van der Waals surface area (Å²) in [5.74, 6) is 0.876. The molecule has 1 aromatic rings. The van der Waals surface area contributed by atoms with Crippen molar-refractivity contribution in [2.24, 2.45) is 0 Å². The fourth-order valence-electron chi connectivity index (χ4n) is 1.71. The van der Waals surface area contributed by atoms with Gasteiger partial charge < -0.3 is 4.74 Å². The lowest BCUT2D eigenvalue weighted by molar-refractivity contribution is 0.289. The Bertz CT molecular complexity index is 421. The SMILES string of the molecule is CCNC(C#N)COc1cc(C)cc(C)c1C. The van der Waals surface area contributed by atoms with Gasteiger partial charge in [0.15, 0.2) is 0 Å². The first-order valence-corrected chi connectivity index (χ1v) is 5.92. The molecule has 1 rings (SSSR count). The number of ether oxygens (including phenoxy) is 1.